The number of ether oxygens (including phenoxy) is 2. The molecule has 188 valence electrons. The Morgan fingerprint density at radius 3 is 2.56 bits per heavy atom. The van der Waals surface area contributed by atoms with E-state index in [2.05, 4.69) is 20.6 Å². The highest BCUT2D eigenvalue weighted by Crippen LogP contribution is 2.38. The highest BCUT2D eigenvalue weighted by Gasteiger charge is 2.30. The number of amides is 1. The predicted molar refractivity (Wildman–Crippen MR) is 123 cm³/mol. The molecule has 0 bridgehead atoms. The number of oxazole rings is 1. The molecular formula is C24H22F3N5O4. The van der Waals surface area contributed by atoms with Gasteiger partial charge in [-0.05, 0) is 44.2 Å². The largest absolute Gasteiger partial charge is 0.493 e. The summed E-state index contributed by atoms with van der Waals surface area (Å²) >= 11 is 0. The number of para-hydroxylation sites is 1. The van der Waals surface area contributed by atoms with Gasteiger partial charge in [0.15, 0.2) is 17.2 Å². The number of rotatable bonds is 7. The molecule has 2 heterocycles. The van der Waals surface area contributed by atoms with Gasteiger partial charge in [-0.2, -0.15) is 13.2 Å². The maximum atomic E-state index is 13.0. The molecule has 0 radical (unpaired) electrons. The third-order valence-electron chi connectivity index (χ3n) is 5.47. The summed E-state index contributed by atoms with van der Waals surface area (Å²) in [6.45, 7) is 3.52. The van der Waals surface area contributed by atoms with Gasteiger partial charge in [0.25, 0.3) is 5.91 Å². The summed E-state index contributed by atoms with van der Waals surface area (Å²) in [7, 11) is 3.05. The third-order valence-corrected chi connectivity index (χ3v) is 5.47. The average Bonchev–Trinajstić information content (AvgIpc) is 3.40. The summed E-state index contributed by atoms with van der Waals surface area (Å²) in [5.74, 6) is 1.16. The maximum absolute atomic E-state index is 13.0. The van der Waals surface area contributed by atoms with Gasteiger partial charge in [-0.1, -0.05) is 17.3 Å². The van der Waals surface area contributed by atoms with Gasteiger partial charge in [-0.15, -0.1) is 5.10 Å². The van der Waals surface area contributed by atoms with Crippen LogP contribution in [-0.4, -0.2) is 40.1 Å². The predicted octanol–water partition coefficient (Wildman–Crippen LogP) is 4.89. The van der Waals surface area contributed by atoms with E-state index < -0.39 is 17.6 Å². The van der Waals surface area contributed by atoms with E-state index in [1.165, 1.54) is 31.0 Å². The molecule has 0 aliphatic rings. The Morgan fingerprint density at radius 2 is 1.86 bits per heavy atom. The maximum Gasteiger partial charge on any atom is 0.416 e. The lowest BCUT2D eigenvalue weighted by molar-refractivity contribution is -0.137. The van der Waals surface area contributed by atoms with E-state index in [-0.39, 0.29) is 17.9 Å². The third kappa shape index (κ3) is 4.88. The molecule has 2 aromatic heterocycles. The van der Waals surface area contributed by atoms with Gasteiger partial charge in [-0.3, -0.25) is 4.79 Å². The monoisotopic (exact) mass is 501 g/mol. The number of carbonyl (C=O) groups excluding carboxylic acids is 1. The summed E-state index contributed by atoms with van der Waals surface area (Å²) in [4.78, 5) is 17.2. The van der Waals surface area contributed by atoms with Gasteiger partial charge in [0.1, 0.15) is 11.5 Å². The molecule has 0 saturated heterocycles. The van der Waals surface area contributed by atoms with Crippen LogP contribution in [0.3, 0.4) is 0 Å². The number of alkyl halides is 3. The lowest BCUT2D eigenvalue weighted by Crippen LogP contribution is -2.15. The fraction of sp³-hybridized carbons (Fsp3) is 0.250. The van der Waals surface area contributed by atoms with Crippen molar-refractivity contribution in [2.45, 2.75) is 26.6 Å². The summed E-state index contributed by atoms with van der Waals surface area (Å²) < 4.78 is 57.0. The number of hydrogen-bond acceptors (Lipinski definition) is 7. The molecule has 12 heteroatoms. The summed E-state index contributed by atoms with van der Waals surface area (Å²) in [6, 6.07) is 9.67. The fourth-order valence-corrected chi connectivity index (χ4v) is 3.57. The minimum atomic E-state index is -4.52. The van der Waals surface area contributed by atoms with Gasteiger partial charge in [0.2, 0.25) is 5.89 Å². The van der Waals surface area contributed by atoms with Crippen molar-refractivity contribution in [3.05, 3.63) is 70.9 Å². The van der Waals surface area contributed by atoms with E-state index in [9.17, 15) is 18.0 Å². The van der Waals surface area contributed by atoms with Crippen LogP contribution in [0.2, 0.25) is 0 Å². The van der Waals surface area contributed by atoms with Crippen molar-refractivity contribution in [3.63, 3.8) is 0 Å². The van der Waals surface area contributed by atoms with Crippen molar-refractivity contribution in [2.24, 2.45) is 0 Å². The van der Waals surface area contributed by atoms with Crippen LogP contribution < -0.4 is 14.8 Å². The molecule has 2 aromatic carbocycles. The molecule has 36 heavy (non-hydrogen) atoms. The molecule has 0 spiro atoms. The molecule has 1 N–H and O–H groups in total. The Morgan fingerprint density at radius 1 is 1.11 bits per heavy atom. The van der Waals surface area contributed by atoms with Crippen LogP contribution in [0.25, 0.3) is 11.5 Å². The van der Waals surface area contributed by atoms with Gasteiger partial charge in [0, 0.05) is 5.69 Å². The van der Waals surface area contributed by atoms with Crippen LogP contribution in [0.15, 0.2) is 46.9 Å². The number of anilines is 1. The molecule has 4 aromatic rings. The number of methoxy groups -OCH3 is 2. The van der Waals surface area contributed by atoms with E-state index in [0.29, 0.717) is 40.1 Å². The summed E-state index contributed by atoms with van der Waals surface area (Å²) in [6.07, 6.45) is -4.52. The molecule has 0 aliphatic carbocycles. The van der Waals surface area contributed by atoms with Crippen LogP contribution in [0.1, 0.15) is 33.2 Å². The first kappa shape index (κ1) is 24.8. The van der Waals surface area contributed by atoms with Crippen LogP contribution in [0.4, 0.5) is 18.9 Å². The quantitative estimate of drug-likeness (QED) is 0.385. The molecule has 0 aliphatic heterocycles. The first-order chi connectivity index (χ1) is 17.1. The van der Waals surface area contributed by atoms with Crippen LogP contribution in [-0.2, 0) is 12.7 Å². The Bertz CT molecular complexity index is 1410. The van der Waals surface area contributed by atoms with E-state index in [0.717, 1.165) is 12.1 Å². The lowest BCUT2D eigenvalue weighted by Gasteiger charge is -2.10. The fourth-order valence-electron chi connectivity index (χ4n) is 3.57. The lowest BCUT2D eigenvalue weighted by atomic mass is 10.2. The van der Waals surface area contributed by atoms with E-state index >= 15 is 0 Å². The van der Waals surface area contributed by atoms with E-state index in [4.69, 9.17) is 13.9 Å². The number of aromatic nitrogens is 4. The number of benzene rings is 2. The number of aryl methyl sites for hydroxylation is 1. The number of carbonyl (C=O) groups is 1. The highest BCUT2D eigenvalue weighted by atomic mass is 19.4. The molecule has 0 fully saturated rings. The zero-order valence-electron chi connectivity index (χ0n) is 19.8. The second-order valence-corrected chi connectivity index (χ2v) is 7.78. The highest BCUT2D eigenvalue weighted by molar-refractivity contribution is 6.03. The topological polar surface area (TPSA) is 104 Å². The second kappa shape index (κ2) is 9.72. The molecule has 0 unspecified atom stereocenters. The molecule has 0 saturated carbocycles. The second-order valence-electron chi connectivity index (χ2n) is 7.78. The van der Waals surface area contributed by atoms with Gasteiger partial charge >= 0.3 is 6.18 Å². The van der Waals surface area contributed by atoms with Crippen molar-refractivity contribution >= 4 is 11.6 Å². The smallest absolute Gasteiger partial charge is 0.416 e. The minimum absolute atomic E-state index is 0.00648. The zero-order valence-corrected chi connectivity index (χ0v) is 19.8. The van der Waals surface area contributed by atoms with Gasteiger partial charge in [-0.25, -0.2) is 9.67 Å². The van der Waals surface area contributed by atoms with Crippen LogP contribution in [0.5, 0.6) is 11.5 Å². The standard InChI is InChI=1S/C24H22F3N5O4/c1-13-20(22(33)28-16-8-5-7-15(11-16)24(25,26)27)30-31-32(13)12-18-14(2)36-23(29-18)17-9-6-10-19(34-3)21(17)35-4/h5-11H,12H2,1-4H3,(H,28,33). The Kier molecular flexibility index (Phi) is 6.69. The van der Waals surface area contributed by atoms with Crippen molar-refractivity contribution in [2.75, 3.05) is 19.5 Å². The molecule has 4 rings (SSSR count). The number of halogens is 3. The molecule has 0 atom stereocenters. The normalized spacial score (nSPS) is 11.4. The number of nitrogens with zero attached hydrogens (tertiary/aromatic N) is 4. The molecular weight excluding hydrogens is 479 g/mol. The van der Waals surface area contributed by atoms with Crippen LogP contribution >= 0.6 is 0 Å². The summed E-state index contributed by atoms with van der Waals surface area (Å²) in [5, 5.41) is 10.4. The van der Waals surface area contributed by atoms with Crippen LogP contribution in [0, 0.1) is 13.8 Å². The average molecular weight is 501 g/mol. The van der Waals surface area contributed by atoms with Crippen molar-refractivity contribution < 1.29 is 31.9 Å². The zero-order chi connectivity index (χ0) is 26.0. The van der Waals surface area contributed by atoms with Gasteiger partial charge < -0.3 is 19.2 Å². The SMILES string of the molecule is COc1cccc(-c2nc(Cn3nnc(C(=O)Nc4cccc(C(F)(F)F)c4)c3C)c(C)o2)c1OC. The Hall–Kier alpha value is -4.35. The van der Waals surface area contributed by atoms with E-state index in [1.54, 1.807) is 32.0 Å². The first-order valence-electron chi connectivity index (χ1n) is 10.7. The van der Waals surface area contributed by atoms with E-state index in [1.807, 2.05) is 0 Å². The van der Waals surface area contributed by atoms with Crippen molar-refractivity contribution in [1.82, 2.24) is 20.0 Å². The minimum Gasteiger partial charge on any atom is -0.493 e. The Balaban J connectivity index is 1.55. The first-order valence-corrected chi connectivity index (χ1v) is 10.7. The molecule has 9 nitrogen and oxygen atoms in total. The summed E-state index contributed by atoms with van der Waals surface area (Å²) in [5.41, 5.74) is 0.652. The van der Waals surface area contributed by atoms with Crippen molar-refractivity contribution in [3.8, 4) is 23.0 Å². The molecule has 1 amide bonds. The number of hydrogen-bond donors (Lipinski definition) is 1. The van der Waals surface area contributed by atoms with Crippen molar-refractivity contribution in [1.29, 1.82) is 0 Å². The van der Waals surface area contributed by atoms with Gasteiger partial charge in [0.05, 0.1) is 37.6 Å². The number of nitrogens with one attached hydrogen (secondary N) is 1. The Labute approximate surface area is 203 Å².